The summed E-state index contributed by atoms with van der Waals surface area (Å²) < 4.78 is 2.24. The van der Waals surface area contributed by atoms with Gasteiger partial charge in [-0.2, -0.15) is 0 Å². The summed E-state index contributed by atoms with van der Waals surface area (Å²) in [5.74, 6) is 0.780. The molecule has 1 aromatic rings. The maximum absolute atomic E-state index is 10.5. The molecular formula is C15H26N2O. The van der Waals surface area contributed by atoms with Gasteiger partial charge in [0.2, 0.25) is 0 Å². The van der Waals surface area contributed by atoms with Crippen molar-refractivity contribution in [3.8, 4) is 0 Å². The molecule has 1 aliphatic carbocycles. The summed E-state index contributed by atoms with van der Waals surface area (Å²) in [6.07, 6.45) is 6.30. The van der Waals surface area contributed by atoms with Crippen LogP contribution in [0.2, 0.25) is 0 Å². The SMILES string of the molecule is CCn1cccc1CNCC1(O)CCC(C)CC1. The van der Waals surface area contributed by atoms with Gasteiger partial charge in [0, 0.05) is 31.5 Å². The minimum Gasteiger partial charge on any atom is -0.389 e. The van der Waals surface area contributed by atoms with Crippen LogP contribution in [0, 0.1) is 5.92 Å². The van der Waals surface area contributed by atoms with Crippen molar-refractivity contribution in [1.29, 1.82) is 0 Å². The minimum absolute atomic E-state index is 0.476. The molecule has 0 aromatic carbocycles. The zero-order valence-electron chi connectivity index (χ0n) is 11.7. The van der Waals surface area contributed by atoms with Crippen LogP contribution in [-0.2, 0) is 13.1 Å². The van der Waals surface area contributed by atoms with Gasteiger partial charge in [0.15, 0.2) is 0 Å². The van der Waals surface area contributed by atoms with Crippen molar-refractivity contribution < 1.29 is 5.11 Å². The Balaban J connectivity index is 1.78. The van der Waals surface area contributed by atoms with Gasteiger partial charge in [-0.25, -0.2) is 0 Å². The maximum Gasteiger partial charge on any atom is 0.0771 e. The zero-order chi connectivity index (χ0) is 13.0. The molecule has 0 aliphatic heterocycles. The van der Waals surface area contributed by atoms with Crippen molar-refractivity contribution in [1.82, 2.24) is 9.88 Å². The summed E-state index contributed by atoms with van der Waals surface area (Å²) in [6, 6.07) is 4.22. The fraction of sp³-hybridized carbons (Fsp3) is 0.733. The van der Waals surface area contributed by atoms with Crippen molar-refractivity contribution in [2.45, 2.75) is 58.2 Å². The van der Waals surface area contributed by atoms with Crippen LogP contribution >= 0.6 is 0 Å². The molecule has 1 fully saturated rings. The molecule has 3 nitrogen and oxygen atoms in total. The lowest BCUT2D eigenvalue weighted by atomic mass is 9.79. The number of aliphatic hydroxyl groups is 1. The van der Waals surface area contributed by atoms with E-state index in [4.69, 9.17) is 0 Å². The van der Waals surface area contributed by atoms with E-state index in [1.54, 1.807) is 0 Å². The first-order valence-corrected chi connectivity index (χ1v) is 7.20. The lowest BCUT2D eigenvalue weighted by Crippen LogP contribution is -2.43. The van der Waals surface area contributed by atoms with Crippen molar-refractivity contribution >= 4 is 0 Å². The van der Waals surface area contributed by atoms with Crippen molar-refractivity contribution in [2.75, 3.05) is 6.54 Å². The first kappa shape index (κ1) is 13.6. The van der Waals surface area contributed by atoms with Gasteiger partial charge in [-0.1, -0.05) is 6.92 Å². The van der Waals surface area contributed by atoms with E-state index in [1.807, 2.05) is 0 Å². The van der Waals surface area contributed by atoms with Gasteiger partial charge >= 0.3 is 0 Å². The average Bonchev–Trinajstić information content (AvgIpc) is 2.81. The molecule has 2 rings (SSSR count). The largest absolute Gasteiger partial charge is 0.389 e. The standard InChI is InChI=1S/C15H26N2O/c1-3-17-10-4-5-14(17)11-16-12-15(18)8-6-13(2)7-9-15/h4-5,10,13,16,18H,3,6-9,11-12H2,1-2H3. The van der Waals surface area contributed by atoms with Crippen LogP contribution < -0.4 is 5.32 Å². The third-order valence-electron chi connectivity index (χ3n) is 4.23. The lowest BCUT2D eigenvalue weighted by Gasteiger charge is -2.35. The second-order valence-electron chi connectivity index (χ2n) is 5.80. The van der Waals surface area contributed by atoms with Crippen molar-refractivity contribution in [3.05, 3.63) is 24.0 Å². The van der Waals surface area contributed by atoms with E-state index in [0.717, 1.165) is 44.7 Å². The summed E-state index contributed by atoms with van der Waals surface area (Å²) in [4.78, 5) is 0. The number of rotatable bonds is 5. The molecule has 1 aromatic heterocycles. The third kappa shape index (κ3) is 3.36. The molecule has 0 saturated heterocycles. The minimum atomic E-state index is -0.476. The molecule has 0 radical (unpaired) electrons. The summed E-state index contributed by atoms with van der Waals surface area (Å²) in [5.41, 5.74) is 0.821. The van der Waals surface area contributed by atoms with Crippen LogP contribution in [0.4, 0.5) is 0 Å². The summed E-state index contributed by atoms with van der Waals surface area (Å²) in [5, 5.41) is 13.9. The van der Waals surface area contributed by atoms with E-state index in [9.17, 15) is 5.11 Å². The van der Waals surface area contributed by atoms with E-state index in [0.29, 0.717) is 6.54 Å². The highest BCUT2D eigenvalue weighted by Crippen LogP contribution is 2.31. The summed E-state index contributed by atoms with van der Waals surface area (Å²) in [6.45, 7) is 7.00. The Bertz CT molecular complexity index is 364. The van der Waals surface area contributed by atoms with E-state index in [1.165, 1.54) is 5.69 Å². The number of hydrogen-bond donors (Lipinski definition) is 2. The van der Waals surface area contributed by atoms with Crippen LogP contribution in [0.3, 0.4) is 0 Å². The first-order valence-electron chi connectivity index (χ1n) is 7.20. The number of nitrogens with one attached hydrogen (secondary N) is 1. The highest BCUT2D eigenvalue weighted by atomic mass is 16.3. The Morgan fingerprint density at radius 1 is 1.44 bits per heavy atom. The molecular weight excluding hydrogens is 224 g/mol. The normalized spacial score (nSPS) is 28.5. The molecule has 0 atom stereocenters. The van der Waals surface area contributed by atoms with Crippen LogP contribution in [-0.4, -0.2) is 21.8 Å². The van der Waals surface area contributed by atoms with Gasteiger partial charge in [0.05, 0.1) is 5.60 Å². The molecule has 3 heteroatoms. The Hall–Kier alpha value is -0.800. The molecule has 102 valence electrons. The van der Waals surface area contributed by atoms with Crippen LogP contribution in [0.25, 0.3) is 0 Å². The molecule has 1 saturated carbocycles. The average molecular weight is 250 g/mol. The lowest BCUT2D eigenvalue weighted by molar-refractivity contribution is -0.00639. The summed E-state index contributed by atoms with van der Waals surface area (Å²) >= 11 is 0. The predicted octanol–water partition coefficient (Wildman–Crippen LogP) is 2.54. The molecule has 1 heterocycles. The van der Waals surface area contributed by atoms with Gasteiger partial charge in [0.25, 0.3) is 0 Å². The second-order valence-corrected chi connectivity index (χ2v) is 5.80. The van der Waals surface area contributed by atoms with E-state index >= 15 is 0 Å². The molecule has 18 heavy (non-hydrogen) atoms. The fourth-order valence-electron chi connectivity index (χ4n) is 2.82. The summed E-state index contributed by atoms with van der Waals surface area (Å²) in [7, 11) is 0. The molecule has 1 aliphatic rings. The first-order chi connectivity index (χ1) is 8.63. The van der Waals surface area contributed by atoms with Crippen LogP contribution in [0.5, 0.6) is 0 Å². The van der Waals surface area contributed by atoms with Gasteiger partial charge in [-0.15, -0.1) is 0 Å². The highest BCUT2D eigenvalue weighted by Gasteiger charge is 2.31. The molecule has 0 spiro atoms. The Morgan fingerprint density at radius 3 is 2.83 bits per heavy atom. The molecule has 0 bridgehead atoms. The molecule has 0 unspecified atom stereocenters. The van der Waals surface area contributed by atoms with Gasteiger partial charge in [-0.3, -0.25) is 0 Å². The van der Waals surface area contributed by atoms with Crippen molar-refractivity contribution in [2.24, 2.45) is 5.92 Å². The second kappa shape index (κ2) is 5.89. The number of aryl methyl sites for hydroxylation is 1. The number of nitrogens with zero attached hydrogens (tertiary/aromatic N) is 1. The van der Waals surface area contributed by atoms with Gasteiger partial charge in [0.1, 0.15) is 0 Å². The van der Waals surface area contributed by atoms with E-state index < -0.39 is 5.60 Å². The number of hydrogen-bond acceptors (Lipinski definition) is 2. The van der Waals surface area contributed by atoms with Gasteiger partial charge in [-0.05, 0) is 50.7 Å². The third-order valence-corrected chi connectivity index (χ3v) is 4.23. The maximum atomic E-state index is 10.5. The van der Waals surface area contributed by atoms with Crippen molar-refractivity contribution in [3.63, 3.8) is 0 Å². The van der Waals surface area contributed by atoms with Crippen LogP contribution in [0.15, 0.2) is 18.3 Å². The molecule has 0 amide bonds. The molecule has 2 N–H and O–H groups in total. The topological polar surface area (TPSA) is 37.2 Å². The quantitative estimate of drug-likeness (QED) is 0.842. The van der Waals surface area contributed by atoms with E-state index in [-0.39, 0.29) is 0 Å². The monoisotopic (exact) mass is 250 g/mol. The van der Waals surface area contributed by atoms with Gasteiger partial charge < -0.3 is 15.0 Å². The number of aromatic nitrogens is 1. The smallest absolute Gasteiger partial charge is 0.0771 e. The highest BCUT2D eigenvalue weighted by molar-refractivity contribution is 5.06. The van der Waals surface area contributed by atoms with Crippen LogP contribution in [0.1, 0.15) is 45.2 Å². The Kier molecular flexibility index (Phi) is 4.46. The zero-order valence-corrected chi connectivity index (χ0v) is 11.7. The Morgan fingerprint density at radius 2 is 2.17 bits per heavy atom. The Labute approximate surface area is 110 Å². The fourth-order valence-corrected chi connectivity index (χ4v) is 2.82. The van der Waals surface area contributed by atoms with E-state index in [2.05, 4.69) is 42.1 Å². The predicted molar refractivity (Wildman–Crippen MR) is 74.4 cm³/mol.